The van der Waals surface area contributed by atoms with Crippen LogP contribution in [0.3, 0.4) is 0 Å². The maximum absolute atomic E-state index is 14.0. The van der Waals surface area contributed by atoms with Gasteiger partial charge >= 0.3 is 6.09 Å². The van der Waals surface area contributed by atoms with E-state index >= 15 is 0 Å². The van der Waals surface area contributed by atoms with Crippen molar-refractivity contribution in [3.63, 3.8) is 0 Å². The number of likely N-dealkylation sites (tertiary alicyclic amines) is 2. The highest BCUT2D eigenvalue weighted by Gasteiger charge is 2.34. The number of piperidine rings is 2. The van der Waals surface area contributed by atoms with Gasteiger partial charge in [-0.3, -0.25) is 44.0 Å². The normalized spacial score (nSPS) is 14.4. The van der Waals surface area contributed by atoms with Crippen LogP contribution in [0.1, 0.15) is 113 Å². The number of nitrogens with one attached hydrogen (secondary N) is 2. The molecule has 8 rings (SSSR count). The van der Waals surface area contributed by atoms with E-state index in [0.29, 0.717) is 116 Å². The topological polar surface area (TPSA) is 284 Å². The van der Waals surface area contributed by atoms with Gasteiger partial charge in [-0.25, -0.2) is 14.8 Å². The molecule has 0 atom stereocenters. The number of primary amides is 2. The number of hydrogen-bond acceptors (Lipinski definition) is 13. The molecule has 406 valence electrons. The van der Waals surface area contributed by atoms with E-state index in [1.54, 1.807) is 49.4 Å². The number of nitrogens with zero attached hydrogens (tertiary/aromatic N) is 10. The number of nitrogens with two attached hydrogens (primary N) is 2. The van der Waals surface area contributed by atoms with Gasteiger partial charge in [-0.2, -0.15) is 10.2 Å². The van der Waals surface area contributed by atoms with E-state index in [1.807, 2.05) is 51.7 Å². The molecule has 6 aromatic rings. The number of hydrogen-bond donors (Lipinski definition) is 4. The number of allylic oxidation sites excluding steroid dienone is 2. The summed E-state index contributed by atoms with van der Waals surface area (Å²) in [5.41, 5.74) is 14.7. The number of benzene rings is 2. The molecule has 2 saturated heterocycles. The minimum atomic E-state index is -0.719. The van der Waals surface area contributed by atoms with Gasteiger partial charge in [0.05, 0.1) is 29.5 Å². The number of aromatic nitrogens is 8. The van der Waals surface area contributed by atoms with Crippen molar-refractivity contribution in [1.29, 1.82) is 0 Å². The van der Waals surface area contributed by atoms with E-state index in [2.05, 4.69) is 32.7 Å². The Kier molecular flexibility index (Phi) is 16.3. The molecule has 2 aliphatic rings. The SMILES string of the molecule is CCn1nc(C)cc1C(=O)Nc1nc2cc(C(N)=O)cc(OC)c2n1C/C=C/Cn1c(NC(=O)c2cc(C)nn2CC)nc2cc(C(N)=O)cc(OCC#CC3CCN(C(=O)C4CCN(C(=O)OC(C)(C)C)CC4)CC3)c21. The molecular weight excluding hydrogens is 989 g/mol. The summed E-state index contributed by atoms with van der Waals surface area (Å²) in [7, 11) is 1.45. The second kappa shape index (κ2) is 23.1. The second-order valence-corrected chi connectivity index (χ2v) is 20.0. The first-order valence-electron chi connectivity index (χ1n) is 25.7. The molecule has 0 radical (unpaired) electrons. The van der Waals surface area contributed by atoms with Crippen molar-refractivity contribution in [3.8, 4) is 23.3 Å². The maximum Gasteiger partial charge on any atom is 0.410 e. The molecule has 6 heterocycles. The largest absolute Gasteiger partial charge is 0.494 e. The van der Waals surface area contributed by atoms with Crippen LogP contribution in [0.2, 0.25) is 0 Å². The van der Waals surface area contributed by atoms with Crippen LogP contribution in [-0.4, -0.2) is 130 Å². The molecule has 6 amide bonds. The Morgan fingerprint density at radius 1 is 0.701 bits per heavy atom. The number of rotatable bonds is 16. The van der Waals surface area contributed by atoms with Crippen molar-refractivity contribution in [3.05, 3.63) is 82.5 Å². The first-order chi connectivity index (χ1) is 36.7. The van der Waals surface area contributed by atoms with E-state index in [1.165, 1.54) is 31.4 Å². The van der Waals surface area contributed by atoms with Crippen LogP contribution in [0.5, 0.6) is 11.5 Å². The quantitative estimate of drug-likeness (QED) is 0.0672. The van der Waals surface area contributed by atoms with Crippen LogP contribution >= 0.6 is 0 Å². The average Bonchev–Trinajstić information content (AvgIpc) is 4.21. The molecule has 0 saturated carbocycles. The van der Waals surface area contributed by atoms with Gasteiger partial charge < -0.3 is 44.6 Å². The molecule has 0 unspecified atom stereocenters. The minimum Gasteiger partial charge on any atom is -0.494 e. The summed E-state index contributed by atoms with van der Waals surface area (Å²) >= 11 is 0. The number of anilines is 2. The lowest BCUT2D eigenvalue weighted by Crippen LogP contribution is -2.47. The fourth-order valence-corrected chi connectivity index (χ4v) is 9.62. The fourth-order valence-electron chi connectivity index (χ4n) is 9.62. The second-order valence-electron chi connectivity index (χ2n) is 20.0. The molecular formula is C54H66N14O9. The summed E-state index contributed by atoms with van der Waals surface area (Å²) in [5, 5.41) is 14.7. The summed E-state index contributed by atoms with van der Waals surface area (Å²) in [5.74, 6) is 4.91. The number of carbonyl (C=O) groups is 6. The van der Waals surface area contributed by atoms with E-state index in [4.69, 9.17) is 35.6 Å². The Bertz CT molecular complexity index is 3350. The Morgan fingerprint density at radius 2 is 1.18 bits per heavy atom. The van der Waals surface area contributed by atoms with Crippen molar-refractivity contribution in [2.75, 3.05) is 50.5 Å². The van der Waals surface area contributed by atoms with Crippen LogP contribution in [0.25, 0.3) is 22.1 Å². The van der Waals surface area contributed by atoms with E-state index < -0.39 is 29.2 Å². The van der Waals surface area contributed by atoms with Gasteiger partial charge in [0.25, 0.3) is 11.8 Å². The van der Waals surface area contributed by atoms with Crippen molar-refractivity contribution in [2.45, 2.75) is 106 Å². The average molecular weight is 1060 g/mol. The molecule has 6 N–H and O–H groups in total. The molecule has 2 aromatic carbocycles. The van der Waals surface area contributed by atoms with Crippen molar-refractivity contribution in [1.82, 2.24) is 48.5 Å². The lowest BCUT2D eigenvalue weighted by Gasteiger charge is -2.37. The van der Waals surface area contributed by atoms with Crippen LogP contribution in [0.15, 0.2) is 48.6 Å². The highest BCUT2D eigenvalue weighted by atomic mass is 16.6. The molecule has 77 heavy (non-hydrogen) atoms. The third-order valence-electron chi connectivity index (χ3n) is 13.4. The minimum absolute atomic E-state index is 0.0157. The van der Waals surface area contributed by atoms with Gasteiger partial charge in [-0.05, 0) is 111 Å². The van der Waals surface area contributed by atoms with Gasteiger partial charge in [-0.1, -0.05) is 24.0 Å². The summed E-state index contributed by atoms with van der Waals surface area (Å²) in [6.07, 6.45) is 5.83. The number of carbonyl (C=O) groups excluding carboxylic acids is 6. The summed E-state index contributed by atoms with van der Waals surface area (Å²) < 4.78 is 24.2. The molecule has 23 heteroatoms. The molecule has 4 aromatic heterocycles. The standard InChI is InChI=1S/C54H66N14O9/c1-9-67-40(26-32(3)61-67)48(71)59-51-57-38-28-36(46(55)69)30-42(75-8)44(38)65(51)19-11-12-20-66-45-39(58-52(66)60-49(72)41-27-33(4)62-68(41)10-2)29-37(47(56)70)31-43(45)76-25-13-14-34-15-21-63(22-16-34)50(73)35-17-23-64(24-18-35)53(74)77-54(5,6)7/h11-12,26-31,34-35H,9-10,15-25H2,1-8H3,(H2,55,69)(H2,56,70)(H,57,59,71)(H,58,60,72)/b12-11+. The lowest BCUT2D eigenvalue weighted by atomic mass is 9.92. The predicted molar refractivity (Wildman–Crippen MR) is 286 cm³/mol. The van der Waals surface area contributed by atoms with Crippen molar-refractivity contribution in [2.24, 2.45) is 23.3 Å². The van der Waals surface area contributed by atoms with Crippen LogP contribution in [0.4, 0.5) is 16.7 Å². The predicted octanol–water partition coefficient (Wildman–Crippen LogP) is 5.67. The van der Waals surface area contributed by atoms with E-state index in [9.17, 15) is 28.8 Å². The third kappa shape index (κ3) is 12.4. The summed E-state index contributed by atoms with van der Waals surface area (Å²) in [6.45, 7) is 16.0. The Labute approximate surface area is 445 Å². The van der Waals surface area contributed by atoms with Gasteiger partial charge in [0.2, 0.25) is 29.6 Å². The van der Waals surface area contributed by atoms with Crippen LogP contribution in [0, 0.1) is 37.5 Å². The third-order valence-corrected chi connectivity index (χ3v) is 13.4. The van der Waals surface area contributed by atoms with Gasteiger partial charge in [0.1, 0.15) is 46.1 Å². The maximum atomic E-state index is 14.0. The lowest BCUT2D eigenvalue weighted by molar-refractivity contribution is -0.138. The van der Waals surface area contributed by atoms with Crippen molar-refractivity contribution < 1.29 is 43.0 Å². The molecule has 0 aliphatic carbocycles. The van der Waals surface area contributed by atoms with Crippen LogP contribution in [-0.2, 0) is 35.7 Å². The highest BCUT2D eigenvalue weighted by molar-refractivity contribution is 6.05. The summed E-state index contributed by atoms with van der Waals surface area (Å²) in [4.78, 5) is 92.0. The smallest absolute Gasteiger partial charge is 0.410 e. The molecule has 2 aliphatic heterocycles. The highest BCUT2D eigenvalue weighted by Crippen LogP contribution is 2.34. The molecule has 0 spiro atoms. The van der Waals surface area contributed by atoms with Gasteiger partial charge in [0.15, 0.2) is 0 Å². The monoisotopic (exact) mass is 1050 g/mol. The van der Waals surface area contributed by atoms with Crippen LogP contribution < -0.4 is 31.6 Å². The Hall–Kier alpha value is -8.68. The number of imidazole rings is 2. The Balaban J connectivity index is 1.04. The summed E-state index contributed by atoms with van der Waals surface area (Å²) in [6, 6.07) is 9.42. The zero-order chi connectivity index (χ0) is 55.3. The number of aryl methyl sites for hydroxylation is 4. The van der Waals surface area contributed by atoms with Gasteiger partial charge in [0, 0.05) is 75.3 Å². The zero-order valence-electron chi connectivity index (χ0n) is 44.8. The van der Waals surface area contributed by atoms with Crippen molar-refractivity contribution >= 4 is 69.6 Å². The first-order valence-corrected chi connectivity index (χ1v) is 25.7. The van der Waals surface area contributed by atoms with E-state index in [0.717, 1.165) is 0 Å². The number of ether oxygens (including phenoxy) is 3. The van der Waals surface area contributed by atoms with E-state index in [-0.39, 0.29) is 72.3 Å². The Morgan fingerprint density at radius 3 is 1.65 bits per heavy atom. The first kappa shape index (κ1) is 54.6. The number of fused-ring (bicyclic) bond motifs is 2. The molecule has 0 bridgehead atoms. The van der Waals surface area contributed by atoms with Gasteiger partial charge in [-0.15, -0.1) is 0 Å². The molecule has 2 fully saturated rings. The number of methoxy groups -OCH3 is 1. The number of amides is 6. The molecule has 23 nitrogen and oxygen atoms in total. The zero-order valence-corrected chi connectivity index (χ0v) is 44.8. The fraction of sp³-hybridized carbons (Fsp3) is 0.444.